The van der Waals surface area contributed by atoms with Gasteiger partial charge in [0.25, 0.3) is 11.8 Å². The van der Waals surface area contributed by atoms with Crippen LogP contribution in [0.2, 0.25) is 0 Å². The molecule has 0 saturated heterocycles. The highest BCUT2D eigenvalue weighted by Crippen LogP contribution is 2.28. The zero-order valence-corrected chi connectivity index (χ0v) is 18.2. The fraction of sp³-hybridized carbons (Fsp3) is 0.227. The molecule has 2 N–H and O–H groups in total. The van der Waals surface area contributed by atoms with E-state index in [9.17, 15) is 9.59 Å². The average Bonchev–Trinajstić information content (AvgIpc) is 2.73. The minimum absolute atomic E-state index is 0.132. The number of nitrogens with one attached hydrogen (secondary N) is 2. The highest BCUT2D eigenvalue weighted by molar-refractivity contribution is 9.10. The van der Waals surface area contributed by atoms with Crippen LogP contribution in [0, 0.1) is 12.3 Å². The number of hydrogen-bond acceptors (Lipinski definition) is 5. The summed E-state index contributed by atoms with van der Waals surface area (Å²) in [7, 11) is 0. The largest absolute Gasteiger partial charge is 0.490 e. The molecule has 2 rings (SSSR count). The van der Waals surface area contributed by atoms with Gasteiger partial charge in [0.1, 0.15) is 12.6 Å². The number of hydrazone groups is 1. The number of carbonyl (C=O) groups is 2. The monoisotopic (exact) mass is 471 g/mol. The van der Waals surface area contributed by atoms with Crippen molar-refractivity contribution in [1.82, 2.24) is 10.7 Å². The molecule has 1 atom stereocenters. The topological polar surface area (TPSA) is 89.0 Å². The highest BCUT2D eigenvalue weighted by Gasteiger charge is 2.17. The molecule has 0 spiro atoms. The Morgan fingerprint density at radius 1 is 1.23 bits per heavy atom. The number of carbonyl (C=O) groups excluding carboxylic acids is 2. The van der Waals surface area contributed by atoms with Gasteiger partial charge in [0.2, 0.25) is 0 Å². The Morgan fingerprint density at radius 2 is 2.00 bits per heavy atom. The second-order valence-corrected chi connectivity index (χ2v) is 6.90. The van der Waals surface area contributed by atoms with Crippen LogP contribution in [-0.4, -0.2) is 37.3 Å². The number of hydrogen-bond donors (Lipinski definition) is 2. The van der Waals surface area contributed by atoms with E-state index in [4.69, 9.17) is 15.9 Å². The number of nitrogens with zero attached hydrogens (tertiary/aromatic N) is 1. The number of rotatable bonds is 9. The predicted octanol–water partition coefficient (Wildman–Crippen LogP) is 3.13. The van der Waals surface area contributed by atoms with Crippen LogP contribution in [0.1, 0.15) is 29.8 Å². The van der Waals surface area contributed by atoms with Gasteiger partial charge in [-0.15, -0.1) is 6.42 Å². The number of benzene rings is 2. The molecule has 2 aromatic rings. The molecule has 8 heteroatoms. The van der Waals surface area contributed by atoms with Gasteiger partial charge in [-0.25, -0.2) is 5.43 Å². The first kappa shape index (κ1) is 23.0. The zero-order valence-electron chi connectivity index (χ0n) is 16.6. The summed E-state index contributed by atoms with van der Waals surface area (Å²) in [5, 5.41) is 6.57. The molecule has 0 saturated carbocycles. The summed E-state index contributed by atoms with van der Waals surface area (Å²) >= 11 is 3.31. The Bertz CT molecular complexity index is 969. The first-order valence-electron chi connectivity index (χ1n) is 9.17. The smallest absolute Gasteiger partial charge is 0.262 e. The van der Waals surface area contributed by atoms with Crippen molar-refractivity contribution in [3.8, 4) is 23.8 Å². The van der Waals surface area contributed by atoms with E-state index in [1.165, 1.54) is 6.21 Å². The third-order valence-electron chi connectivity index (χ3n) is 3.83. The number of halogens is 1. The molecule has 0 bridgehead atoms. The Hall–Kier alpha value is -3.31. The maximum Gasteiger partial charge on any atom is 0.262 e. The lowest BCUT2D eigenvalue weighted by atomic mass is 10.2. The van der Waals surface area contributed by atoms with Crippen LogP contribution in [0.15, 0.2) is 52.0 Å². The minimum atomic E-state index is -0.778. The molecule has 0 aromatic heterocycles. The van der Waals surface area contributed by atoms with E-state index in [2.05, 4.69) is 37.7 Å². The van der Waals surface area contributed by atoms with Crippen LogP contribution >= 0.6 is 15.9 Å². The molecule has 0 aliphatic rings. The molecular formula is C22H22BrN3O4. The van der Waals surface area contributed by atoms with Crippen LogP contribution < -0.4 is 20.2 Å². The SMILES string of the molecule is C#CCOc1ccc(C=NNC(=O)C(C)NC(=O)c2ccccc2Br)cc1OCC. The Balaban J connectivity index is 1.96. The van der Waals surface area contributed by atoms with E-state index in [1.807, 2.05) is 6.92 Å². The summed E-state index contributed by atoms with van der Waals surface area (Å²) in [4.78, 5) is 24.5. The number of amides is 2. The van der Waals surface area contributed by atoms with Crippen molar-refractivity contribution in [3.63, 3.8) is 0 Å². The van der Waals surface area contributed by atoms with Crippen molar-refractivity contribution >= 4 is 34.0 Å². The Morgan fingerprint density at radius 3 is 2.70 bits per heavy atom. The fourth-order valence-corrected chi connectivity index (χ4v) is 2.83. The molecule has 0 heterocycles. The lowest BCUT2D eigenvalue weighted by Crippen LogP contribution is -2.43. The zero-order chi connectivity index (χ0) is 21.9. The van der Waals surface area contributed by atoms with E-state index in [-0.39, 0.29) is 12.5 Å². The van der Waals surface area contributed by atoms with Crippen LogP contribution in [0.25, 0.3) is 0 Å². The standard InChI is InChI=1S/C22H22BrN3O4/c1-4-12-30-19-11-10-16(13-20(19)29-5-2)14-24-26-21(27)15(3)25-22(28)17-8-6-7-9-18(17)23/h1,6-11,13-15H,5,12H2,2-3H3,(H,25,28)(H,26,27). The van der Waals surface area contributed by atoms with Gasteiger partial charge < -0.3 is 14.8 Å². The van der Waals surface area contributed by atoms with Gasteiger partial charge in [0, 0.05) is 4.47 Å². The molecule has 0 fully saturated rings. The molecule has 2 aromatic carbocycles. The van der Waals surface area contributed by atoms with Crippen LogP contribution in [-0.2, 0) is 4.79 Å². The molecule has 7 nitrogen and oxygen atoms in total. The Labute approximate surface area is 184 Å². The molecule has 1 unspecified atom stereocenters. The summed E-state index contributed by atoms with van der Waals surface area (Å²) in [6.45, 7) is 4.02. The van der Waals surface area contributed by atoms with Gasteiger partial charge in [-0.2, -0.15) is 5.10 Å². The third kappa shape index (κ3) is 6.64. The van der Waals surface area contributed by atoms with Gasteiger partial charge in [0.15, 0.2) is 11.5 Å². The Kier molecular flexibility index (Phi) is 8.91. The van der Waals surface area contributed by atoms with Gasteiger partial charge in [-0.3, -0.25) is 9.59 Å². The first-order chi connectivity index (χ1) is 14.5. The average molecular weight is 472 g/mol. The van der Waals surface area contributed by atoms with E-state index in [1.54, 1.807) is 49.4 Å². The minimum Gasteiger partial charge on any atom is -0.490 e. The van der Waals surface area contributed by atoms with Crippen LogP contribution in [0.3, 0.4) is 0 Å². The van der Waals surface area contributed by atoms with Crippen LogP contribution in [0.4, 0.5) is 0 Å². The quantitative estimate of drug-likeness (QED) is 0.334. The van der Waals surface area contributed by atoms with E-state index < -0.39 is 11.9 Å². The molecule has 0 aliphatic carbocycles. The van der Waals surface area contributed by atoms with Gasteiger partial charge >= 0.3 is 0 Å². The van der Waals surface area contributed by atoms with Crippen LogP contribution in [0.5, 0.6) is 11.5 Å². The van der Waals surface area contributed by atoms with Crippen molar-refractivity contribution < 1.29 is 19.1 Å². The maximum absolute atomic E-state index is 12.3. The molecule has 30 heavy (non-hydrogen) atoms. The third-order valence-corrected chi connectivity index (χ3v) is 4.52. The summed E-state index contributed by atoms with van der Waals surface area (Å²) in [5.74, 6) is 2.64. The maximum atomic E-state index is 12.3. The van der Waals surface area contributed by atoms with Crippen molar-refractivity contribution in [2.75, 3.05) is 13.2 Å². The highest BCUT2D eigenvalue weighted by atomic mass is 79.9. The second-order valence-electron chi connectivity index (χ2n) is 6.04. The lowest BCUT2D eigenvalue weighted by molar-refractivity contribution is -0.122. The lowest BCUT2D eigenvalue weighted by Gasteiger charge is -2.13. The van der Waals surface area contributed by atoms with Crippen molar-refractivity contribution in [1.29, 1.82) is 0 Å². The number of ether oxygens (including phenoxy) is 2. The molecule has 2 amide bonds. The normalized spacial score (nSPS) is 11.4. The summed E-state index contributed by atoms with van der Waals surface area (Å²) in [5.41, 5.74) is 3.54. The predicted molar refractivity (Wildman–Crippen MR) is 119 cm³/mol. The molecule has 0 aliphatic heterocycles. The first-order valence-corrected chi connectivity index (χ1v) is 9.97. The second kappa shape index (κ2) is 11.6. The fourth-order valence-electron chi connectivity index (χ4n) is 2.36. The van der Waals surface area contributed by atoms with Crippen molar-refractivity contribution in [2.24, 2.45) is 5.10 Å². The van der Waals surface area contributed by atoms with Crippen molar-refractivity contribution in [3.05, 3.63) is 58.1 Å². The van der Waals surface area contributed by atoms with E-state index in [0.29, 0.717) is 33.7 Å². The van der Waals surface area contributed by atoms with Gasteiger partial charge in [0.05, 0.1) is 18.4 Å². The molecule has 0 radical (unpaired) electrons. The molecule has 156 valence electrons. The van der Waals surface area contributed by atoms with E-state index >= 15 is 0 Å². The number of terminal acetylenes is 1. The summed E-state index contributed by atoms with van der Waals surface area (Å²) < 4.78 is 11.6. The van der Waals surface area contributed by atoms with Gasteiger partial charge in [-0.05, 0) is 65.7 Å². The van der Waals surface area contributed by atoms with Crippen molar-refractivity contribution in [2.45, 2.75) is 19.9 Å². The van der Waals surface area contributed by atoms with Gasteiger partial charge in [-0.1, -0.05) is 18.1 Å². The molecular weight excluding hydrogens is 450 g/mol. The summed E-state index contributed by atoms with van der Waals surface area (Å²) in [6, 6.07) is 11.4. The summed E-state index contributed by atoms with van der Waals surface area (Å²) in [6.07, 6.45) is 6.68. The van der Waals surface area contributed by atoms with E-state index in [0.717, 1.165) is 0 Å².